The summed E-state index contributed by atoms with van der Waals surface area (Å²) in [6, 6.07) is 7.30. The largest absolute Gasteiger partial charge is 0.351 e. The van der Waals surface area contributed by atoms with Gasteiger partial charge in [-0.3, -0.25) is 4.79 Å². The summed E-state index contributed by atoms with van der Waals surface area (Å²) in [6.07, 6.45) is 5.03. The Kier molecular flexibility index (Phi) is 2.53. The van der Waals surface area contributed by atoms with Crippen molar-refractivity contribution in [1.29, 1.82) is 0 Å². The Morgan fingerprint density at radius 2 is 2.33 bits per heavy atom. The maximum atomic E-state index is 11.7. The second-order valence-electron chi connectivity index (χ2n) is 3.76. The maximum Gasteiger partial charge on any atom is 0.290 e. The van der Waals surface area contributed by atoms with Gasteiger partial charge in [0.2, 0.25) is 5.76 Å². The standard InChI is InChI=1S/C12H10N4O2/c17-12(11-4-5-15-18-11)13-7-9-8-14-16-6-2-1-3-10(9)16/h1-6,8H,7H2,(H,13,17). The summed E-state index contributed by atoms with van der Waals surface area (Å²) in [7, 11) is 0. The van der Waals surface area contributed by atoms with E-state index in [-0.39, 0.29) is 11.7 Å². The average Bonchev–Trinajstić information content (AvgIpc) is 3.06. The van der Waals surface area contributed by atoms with Crippen LogP contribution < -0.4 is 5.32 Å². The fourth-order valence-electron chi connectivity index (χ4n) is 1.72. The first kappa shape index (κ1) is 10.5. The highest BCUT2D eigenvalue weighted by molar-refractivity contribution is 5.91. The third kappa shape index (κ3) is 1.84. The van der Waals surface area contributed by atoms with Gasteiger partial charge in [-0.05, 0) is 12.1 Å². The van der Waals surface area contributed by atoms with Crippen LogP contribution in [0.15, 0.2) is 47.4 Å². The summed E-state index contributed by atoms with van der Waals surface area (Å²) in [5.74, 6) is -0.0887. The zero-order valence-corrected chi connectivity index (χ0v) is 9.41. The Morgan fingerprint density at radius 1 is 1.39 bits per heavy atom. The highest BCUT2D eigenvalue weighted by atomic mass is 16.5. The fourth-order valence-corrected chi connectivity index (χ4v) is 1.72. The number of carbonyl (C=O) groups is 1. The first-order valence-electron chi connectivity index (χ1n) is 5.45. The van der Waals surface area contributed by atoms with Crippen molar-refractivity contribution in [2.45, 2.75) is 6.54 Å². The number of hydrogen-bond donors (Lipinski definition) is 1. The van der Waals surface area contributed by atoms with E-state index in [1.165, 1.54) is 12.3 Å². The third-order valence-corrected chi connectivity index (χ3v) is 2.61. The molecule has 0 aliphatic rings. The molecule has 0 unspecified atom stereocenters. The van der Waals surface area contributed by atoms with Crippen LogP contribution in [0.25, 0.3) is 5.52 Å². The number of nitrogens with zero attached hydrogens (tertiary/aromatic N) is 3. The van der Waals surface area contributed by atoms with Crippen molar-refractivity contribution in [3.05, 3.63) is 54.2 Å². The normalized spacial score (nSPS) is 10.7. The Bertz CT molecular complexity index is 672. The van der Waals surface area contributed by atoms with Gasteiger partial charge in [0.1, 0.15) is 0 Å². The Balaban J connectivity index is 1.76. The number of carbonyl (C=O) groups excluding carboxylic acids is 1. The molecule has 0 bridgehead atoms. The minimum atomic E-state index is -0.289. The van der Waals surface area contributed by atoms with E-state index in [1.54, 1.807) is 10.7 Å². The number of pyridine rings is 1. The highest BCUT2D eigenvalue weighted by Gasteiger charge is 2.10. The molecule has 0 atom stereocenters. The first-order valence-corrected chi connectivity index (χ1v) is 5.45. The summed E-state index contributed by atoms with van der Waals surface area (Å²) in [5.41, 5.74) is 1.92. The average molecular weight is 242 g/mol. The second kappa shape index (κ2) is 4.33. The lowest BCUT2D eigenvalue weighted by atomic mass is 10.2. The predicted molar refractivity (Wildman–Crippen MR) is 62.9 cm³/mol. The summed E-state index contributed by atoms with van der Waals surface area (Å²) < 4.78 is 6.53. The topological polar surface area (TPSA) is 72.4 Å². The van der Waals surface area contributed by atoms with Crippen LogP contribution in [-0.4, -0.2) is 20.7 Å². The van der Waals surface area contributed by atoms with Crippen molar-refractivity contribution in [2.75, 3.05) is 0 Å². The van der Waals surface area contributed by atoms with Crippen molar-refractivity contribution in [1.82, 2.24) is 20.1 Å². The number of amides is 1. The molecule has 3 rings (SSSR count). The molecule has 0 fully saturated rings. The van der Waals surface area contributed by atoms with Crippen LogP contribution in [0.4, 0.5) is 0 Å². The monoisotopic (exact) mass is 242 g/mol. The van der Waals surface area contributed by atoms with Crippen molar-refractivity contribution in [2.24, 2.45) is 0 Å². The van der Waals surface area contributed by atoms with Gasteiger partial charge >= 0.3 is 0 Å². The van der Waals surface area contributed by atoms with Gasteiger partial charge in [-0.1, -0.05) is 11.2 Å². The van der Waals surface area contributed by atoms with Gasteiger partial charge < -0.3 is 9.84 Å². The van der Waals surface area contributed by atoms with Gasteiger partial charge in [0.05, 0.1) is 17.9 Å². The third-order valence-electron chi connectivity index (χ3n) is 2.61. The van der Waals surface area contributed by atoms with Crippen LogP contribution in [0.5, 0.6) is 0 Å². The summed E-state index contributed by atoms with van der Waals surface area (Å²) >= 11 is 0. The summed E-state index contributed by atoms with van der Waals surface area (Å²) in [5, 5.41) is 10.4. The molecule has 90 valence electrons. The van der Waals surface area contributed by atoms with Crippen molar-refractivity contribution < 1.29 is 9.32 Å². The van der Waals surface area contributed by atoms with E-state index >= 15 is 0 Å². The Labute approximate surface area is 102 Å². The molecule has 0 radical (unpaired) electrons. The van der Waals surface area contributed by atoms with E-state index in [4.69, 9.17) is 4.52 Å². The molecular formula is C12H10N4O2. The number of rotatable bonds is 3. The lowest BCUT2D eigenvalue weighted by Gasteiger charge is -2.01. The molecule has 3 aromatic rings. The first-order chi connectivity index (χ1) is 8.84. The van der Waals surface area contributed by atoms with E-state index < -0.39 is 0 Å². The van der Waals surface area contributed by atoms with Crippen molar-refractivity contribution in [3.8, 4) is 0 Å². The quantitative estimate of drug-likeness (QED) is 0.750. The minimum Gasteiger partial charge on any atom is -0.351 e. The number of fused-ring (bicyclic) bond motifs is 1. The lowest BCUT2D eigenvalue weighted by molar-refractivity contribution is 0.0914. The maximum absolute atomic E-state index is 11.7. The predicted octanol–water partition coefficient (Wildman–Crippen LogP) is 1.25. The van der Waals surface area contributed by atoms with Crippen molar-refractivity contribution >= 4 is 11.4 Å². The van der Waals surface area contributed by atoms with E-state index in [0.29, 0.717) is 6.54 Å². The Hall–Kier alpha value is -2.63. The van der Waals surface area contributed by atoms with Gasteiger partial charge in [-0.25, -0.2) is 4.52 Å². The van der Waals surface area contributed by atoms with Crippen LogP contribution >= 0.6 is 0 Å². The van der Waals surface area contributed by atoms with Crippen LogP contribution in [0.1, 0.15) is 16.1 Å². The van der Waals surface area contributed by atoms with E-state index in [9.17, 15) is 4.79 Å². The smallest absolute Gasteiger partial charge is 0.290 e. The van der Waals surface area contributed by atoms with Crippen LogP contribution in [0.2, 0.25) is 0 Å². The molecule has 0 aromatic carbocycles. The highest BCUT2D eigenvalue weighted by Crippen LogP contribution is 2.09. The van der Waals surface area contributed by atoms with Gasteiger partial charge in [-0.2, -0.15) is 5.10 Å². The molecule has 18 heavy (non-hydrogen) atoms. The molecule has 6 heteroatoms. The van der Waals surface area contributed by atoms with E-state index in [1.807, 2.05) is 24.4 Å². The van der Waals surface area contributed by atoms with Crippen LogP contribution in [0, 0.1) is 0 Å². The number of hydrogen-bond acceptors (Lipinski definition) is 4. The van der Waals surface area contributed by atoms with E-state index in [0.717, 1.165) is 11.1 Å². The molecule has 3 aromatic heterocycles. The summed E-state index contributed by atoms with van der Waals surface area (Å²) in [4.78, 5) is 11.7. The molecule has 3 heterocycles. The minimum absolute atomic E-state index is 0.200. The Morgan fingerprint density at radius 3 is 3.17 bits per heavy atom. The molecule has 6 nitrogen and oxygen atoms in total. The molecule has 1 amide bonds. The van der Waals surface area contributed by atoms with Crippen LogP contribution in [0.3, 0.4) is 0 Å². The molecule has 0 spiro atoms. The fraction of sp³-hybridized carbons (Fsp3) is 0.0833. The van der Waals surface area contributed by atoms with Gasteiger partial charge in [0.25, 0.3) is 5.91 Å². The van der Waals surface area contributed by atoms with Gasteiger partial charge in [0.15, 0.2) is 0 Å². The molecule has 0 saturated carbocycles. The van der Waals surface area contributed by atoms with Crippen LogP contribution in [-0.2, 0) is 6.54 Å². The number of nitrogens with one attached hydrogen (secondary N) is 1. The summed E-state index contributed by atoms with van der Waals surface area (Å²) in [6.45, 7) is 0.396. The van der Waals surface area contributed by atoms with E-state index in [2.05, 4.69) is 15.6 Å². The second-order valence-corrected chi connectivity index (χ2v) is 3.76. The number of aromatic nitrogens is 3. The van der Waals surface area contributed by atoms with Gasteiger partial charge in [0, 0.05) is 24.4 Å². The zero-order chi connectivity index (χ0) is 12.4. The molecule has 1 N–H and O–H groups in total. The molecule has 0 aliphatic carbocycles. The molecular weight excluding hydrogens is 232 g/mol. The SMILES string of the molecule is O=C(NCc1cnn2ccccc12)c1ccno1. The van der Waals surface area contributed by atoms with Gasteiger partial charge in [-0.15, -0.1) is 0 Å². The molecule has 0 aliphatic heterocycles. The molecule has 0 saturated heterocycles. The zero-order valence-electron chi connectivity index (χ0n) is 9.41. The van der Waals surface area contributed by atoms with Crippen molar-refractivity contribution in [3.63, 3.8) is 0 Å². The lowest BCUT2D eigenvalue weighted by Crippen LogP contribution is -2.22.